The maximum Gasteiger partial charge on any atom is 0.407 e. The van der Waals surface area contributed by atoms with Crippen LogP contribution in [0.2, 0.25) is 0 Å². The molecule has 0 aromatic heterocycles. The zero-order chi connectivity index (χ0) is 11.3. The zero-order valence-corrected chi connectivity index (χ0v) is 9.41. The van der Waals surface area contributed by atoms with Crippen LogP contribution in [0, 0.1) is 5.92 Å². The number of Topliss-reactive ketones (excluding diaryl/α,β-unsaturated/α-hetero) is 1. The van der Waals surface area contributed by atoms with Gasteiger partial charge >= 0.3 is 6.09 Å². The summed E-state index contributed by atoms with van der Waals surface area (Å²) in [7, 11) is 1.56. The third kappa shape index (κ3) is 3.90. The average molecular weight is 213 g/mol. The average Bonchev–Trinajstić information content (AvgIpc) is 2.22. The minimum atomic E-state index is -0.376. The monoisotopic (exact) mass is 213 g/mol. The van der Waals surface area contributed by atoms with E-state index in [9.17, 15) is 9.59 Å². The van der Waals surface area contributed by atoms with E-state index in [4.69, 9.17) is 4.74 Å². The largest absolute Gasteiger partial charge is 0.446 e. The quantitative estimate of drug-likeness (QED) is 0.723. The van der Waals surface area contributed by atoms with E-state index < -0.39 is 0 Å². The Labute approximate surface area is 90.4 Å². The molecular weight excluding hydrogens is 194 g/mol. The van der Waals surface area contributed by atoms with Gasteiger partial charge in [0.15, 0.2) is 0 Å². The van der Waals surface area contributed by atoms with Gasteiger partial charge in [0.25, 0.3) is 0 Å². The number of carbonyl (C=O) groups is 2. The lowest BCUT2D eigenvalue weighted by Gasteiger charge is -2.25. The summed E-state index contributed by atoms with van der Waals surface area (Å²) >= 11 is 0. The predicted molar refractivity (Wildman–Crippen MR) is 56.6 cm³/mol. The smallest absolute Gasteiger partial charge is 0.407 e. The van der Waals surface area contributed by atoms with Crippen LogP contribution in [0.3, 0.4) is 0 Å². The number of ether oxygens (including phenoxy) is 1. The summed E-state index contributed by atoms with van der Waals surface area (Å²) in [5.74, 6) is 0.604. The Bertz CT molecular complexity index is 240. The maximum absolute atomic E-state index is 11.2. The molecule has 0 aromatic carbocycles. The lowest BCUT2D eigenvalue weighted by atomic mass is 9.89. The van der Waals surface area contributed by atoms with Crippen LogP contribution in [-0.4, -0.2) is 25.0 Å². The minimum Gasteiger partial charge on any atom is -0.446 e. The molecule has 1 N–H and O–H groups in total. The van der Waals surface area contributed by atoms with Crippen molar-refractivity contribution >= 4 is 11.9 Å². The zero-order valence-electron chi connectivity index (χ0n) is 9.41. The SMILES string of the molecule is CNC(=O)OC1CCCC(=O)CCC1C. The van der Waals surface area contributed by atoms with Gasteiger partial charge in [-0.2, -0.15) is 0 Å². The van der Waals surface area contributed by atoms with E-state index in [1.165, 1.54) is 0 Å². The second-order valence-electron chi connectivity index (χ2n) is 4.14. The molecule has 0 heterocycles. The lowest BCUT2D eigenvalue weighted by Crippen LogP contribution is -2.31. The summed E-state index contributed by atoms with van der Waals surface area (Å²) in [5, 5.41) is 2.45. The van der Waals surface area contributed by atoms with E-state index in [-0.39, 0.29) is 18.1 Å². The van der Waals surface area contributed by atoms with E-state index in [0.717, 1.165) is 19.3 Å². The van der Waals surface area contributed by atoms with E-state index in [2.05, 4.69) is 5.32 Å². The highest BCUT2D eigenvalue weighted by atomic mass is 16.6. The number of amides is 1. The highest BCUT2D eigenvalue weighted by molar-refractivity contribution is 5.78. The molecular formula is C11H19NO3. The molecule has 86 valence electrons. The molecule has 1 amide bonds. The third-order valence-corrected chi connectivity index (χ3v) is 2.92. The number of alkyl carbamates (subject to hydrolysis) is 1. The Kier molecular flexibility index (Phi) is 4.59. The Morgan fingerprint density at radius 2 is 2.13 bits per heavy atom. The normalized spacial score (nSPS) is 27.7. The van der Waals surface area contributed by atoms with Gasteiger partial charge in [0.2, 0.25) is 0 Å². The highest BCUT2D eigenvalue weighted by Crippen LogP contribution is 2.23. The highest BCUT2D eigenvalue weighted by Gasteiger charge is 2.24. The fourth-order valence-electron chi connectivity index (χ4n) is 1.86. The molecule has 0 radical (unpaired) electrons. The van der Waals surface area contributed by atoms with Crippen molar-refractivity contribution in [2.75, 3.05) is 7.05 Å². The van der Waals surface area contributed by atoms with Crippen molar-refractivity contribution in [2.24, 2.45) is 5.92 Å². The molecule has 0 aliphatic heterocycles. The Hall–Kier alpha value is -1.06. The minimum absolute atomic E-state index is 0.0435. The van der Waals surface area contributed by atoms with Gasteiger partial charge in [-0.1, -0.05) is 6.92 Å². The topological polar surface area (TPSA) is 55.4 Å². The summed E-state index contributed by atoms with van der Waals surface area (Å²) in [5.41, 5.74) is 0. The molecule has 2 unspecified atom stereocenters. The number of hydrogen-bond acceptors (Lipinski definition) is 3. The summed E-state index contributed by atoms with van der Waals surface area (Å²) in [4.78, 5) is 22.3. The van der Waals surface area contributed by atoms with Crippen molar-refractivity contribution in [1.82, 2.24) is 5.32 Å². The molecule has 1 rings (SSSR count). The fraction of sp³-hybridized carbons (Fsp3) is 0.818. The van der Waals surface area contributed by atoms with Gasteiger partial charge in [0.05, 0.1) is 0 Å². The van der Waals surface area contributed by atoms with Crippen molar-refractivity contribution in [2.45, 2.75) is 45.1 Å². The Morgan fingerprint density at radius 3 is 2.80 bits per heavy atom. The van der Waals surface area contributed by atoms with Crippen LogP contribution in [0.5, 0.6) is 0 Å². The molecule has 1 aliphatic carbocycles. The van der Waals surface area contributed by atoms with Gasteiger partial charge in [0.1, 0.15) is 11.9 Å². The molecule has 4 nitrogen and oxygen atoms in total. The summed E-state index contributed by atoms with van der Waals surface area (Å²) in [6, 6.07) is 0. The molecule has 4 heteroatoms. The second-order valence-corrected chi connectivity index (χ2v) is 4.14. The first kappa shape index (κ1) is 12.0. The number of ketones is 1. The second kappa shape index (κ2) is 5.73. The van der Waals surface area contributed by atoms with Crippen molar-refractivity contribution in [3.63, 3.8) is 0 Å². The van der Waals surface area contributed by atoms with Gasteiger partial charge in [-0.15, -0.1) is 0 Å². The van der Waals surface area contributed by atoms with Crippen LogP contribution in [0.1, 0.15) is 39.0 Å². The van der Waals surface area contributed by atoms with Gasteiger partial charge in [-0.05, 0) is 25.2 Å². The predicted octanol–water partition coefficient (Wildman–Crippen LogP) is 1.88. The first-order valence-electron chi connectivity index (χ1n) is 5.53. The first-order valence-corrected chi connectivity index (χ1v) is 5.53. The molecule has 2 atom stereocenters. The Balaban J connectivity index is 2.47. The van der Waals surface area contributed by atoms with Crippen LogP contribution in [0.25, 0.3) is 0 Å². The van der Waals surface area contributed by atoms with E-state index in [0.29, 0.717) is 18.6 Å². The first-order chi connectivity index (χ1) is 7.13. The van der Waals surface area contributed by atoms with Gasteiger partial charge in [-0.25, -0.2) is 4.79 Å². The molecule has 1 fully saturated rings. The summed E-state index contributed by atoms with van der Waals surface area (Å²) in [6.45, 7) is 2.03. The van der Waals surface area contributed by atoms with Crippen LogP contribution >= 0.6 is 0 Å². The summed E-state index contributed by atoms with van der Waals surface area (Å²) in [6.07, 6.45) is 3.26. The van der Waals surface area contributed by atoms with E-state index in [1.807, 2.05) is 6.92 Å². The number of carbonyl (C=O) groups excluding carboxylic acids is 2. The standard InChI is InChI=1S/C11H19NO3/c1-8-6-7-9(13)4-3-5-10(8)15-11(14)12-2/h8,10H,3-7H2,1-2H3,(H,12,14). The maximum atomic E-state index is 11.2. The molecule has 1 aliphatic rings. The van der Waals surface area contributed by atoms with Gasteiger partial charge in [0, 0.05) is 19.9 Å². The summed E-state index contributed by atoms with van der Waals surface area (Å²) < 4.78 is 5.26. The van der Waals surface area contributed by atoms with Crippen LogP contribution in [0.4, 0.5) is 4.79 Å². The molecule has 0 aromatic rings. The van der Waals surface area contributed by atoms with Crippen LogP contribution < -0.4 is 5.32 Å². The van der Waals surface area contributed by atoms with E-state index in [1.54, 1.807) is 7.05 Å². The van der Waals surface area contributed by atoms with Crippen LogP contribution in [0.15, 0.2) is 0 Å². The fourth-order valence-corrected chi connectivity index (χ4v) is 1.86. The number of rotatable bonds is 1. The number of hydrogen-bond donors (Lipinski definition) is 1. The lowest BCUT2D eigenvalue weighted by molar-refractivity contribution is -0.120. The van der Waals surface area contributed by atoms with Crippen molar-refractivity contribution in [3.05, 3.63) is 0 Å². The van der Waals surface area contributed by atoms with Gasteiger partial charge in [-0.3, -0.25) is 4.79 Å². The molecule has 15 heavy (non-hydrogen) atoms. The molecule has 0 saturated heterocycles. The van der Waals surface area contributed by atoms with Gasteiger partial charge < -0.3 is 10.1 Å². The van der Waals surface area contributed by atoms with Crippen LogP contribution in [-0.2, 0) is 9.53 Å². The van der Waals surface area contributed by atoms with Crippen molar-refractivity contribution in [1.29, 1.82) is 0 Å². The van der Waals surface area contributed by atoms with Crippen molar-refractivity contribution < 1.29 is 14.3 Å². The molecule has 0 bridgehead atoms. The molecule has 1 saturated carbocycles. The molecule has 0 spiro atoms. The third-order valence-electron chi connectivity index (χ3n) is 2.92. The van der Waals surface area contributed by atoms with Crippen molar-refractivity contribution in [3.8, 4) is 0 Å². The van der Waals surface area contributed by atoms with E-state index >= 15 is 0 Å². The number of nitrogens with one attached hydrogen (secondary N) is 1. The Morgan fingerprint density at radius 1 is 1.40 bits per heavy atom.